The minimum absolute atomic E-state index is 0.228. The van der Waals surface area contributed by atoms with E-state index in [0.29, 0.717) is 25.1 Å². The van der Waals surface area contributed by atoms with Gasteiger partial charge in [-0.25, -0.2) is 0 Å². The van der Waals surface area contributed by atoms with Crippen LogP contribution in [0.25, 0.3) is 0 Å². The van der Waals surface area contributed by atoms with Gasteiger partial charge in [0.25, 0.3) is 5.91 Å². The molecule has 7 heteroatoms. The predicted octanol–water partition coefficient (Wildman–Crippen LogP) is 1.91. The molecule has 1 aliphatic rings. The minimum Gasteiger partial charge on any atom is -0.397 e. The SMILES string of the molecule is CC1(C(N)=O)CCN(C(=O)c2cc(N)c(Cl)c(Cl)c2)C1. The Morgan fingerprint density at radius 2 is 2.00 bits per heavy atom. The summed E-state index contributed by atoms with van der Waals surface area (Å²) in [5.74, 6) is -0.637. The first kappa shape index (κ1) is 14.9. The van der Waals surface area contributed by atoms with E-state index in [4.69, 9.17) is 34.7 Å². The molecular weight excluding hydrogens is 301 g/mol. The molecule has 5 nitrogen and oxygen atoms in total. The van der Waals surface area contributed by atoms with E-state index >= 15 is 0 Å². The first-order valence-corrected chi connectivity index (χ1v) is 6.84. The molecule has 0 aliphatic carbocycles. The van der Waals surface area contributed by atoms with Crippen molar-refractivity contribution in [1.29, 1.82) is 0 Å². The molecule has 0 radical (unpaired) electrons. The maximum Gasteiger partial charge on any atom is 0.254 e. The average Bonchev–Trinajstić information content (AvgIpc) is 2.78. The summed E-state index contributed by atoms with van der Waals surface area (Å²) >= 11 is 11.8. The van der Waals surface area contributed by atoms with Crippen molar-refractivity contribution in [2.24, 2.45) is 11.1 Å². The maximum atomic E-state index is 12.4. The van der Waals surface area contributed by atoms with Gasteiger partial charge in [-0.3, -0.25) is 9.59 Å². The van der Waals surface area contributed by atoms with Crippen molar-refractivity contribution < 1.29 is 9.59 Å². The number of amides is 2. The van der Waals surface area contributed by atoms with Crippen LogP contribution in [0.15, 0.2) is 12.1 Å². The highest BCUT2D eigenvalue weighted by Crippen LogP contribution is 2.33. The minimum atomic E-state index is -0.683. The molecule has 108 valence electrons. The molecule has 1 atom stereocenters. The number of nitrogen functional groups attached to an aromatic ring is 1. The molecule has 1 unspecified atom stereocenters. The summed E-state index contributed by atoms with van der Waals surface area (Å²) in [6.07, 6.45) is 0.547. The smallest absolute Gasteiger partial charge is 0.254 e. The lowest BCUT2D eigenvalue weighted by Crippen LogP contribution is -2.38. The number of nitrogens with two attached hydrogens (primary N) is 2. The Morgan fingerprint density at radius 1 is 1.35 bits per heavy atom. The zero-order chi connectivity index (χ0) is 15.1. The highest BCUT2D eigenvalue weighted by molar-refractivity contribution is 6.43. The van der Waals surface area contributed by atoms with E-state index in [1.54, 1.807) is 11.8 Å². The summed E-state index contributed by atoms with van der Waals surface area (Å²) in [6.45, 7) is 2.52. The molecule has 0 bridgehead atoms. The van der Waals surface area contributed by atoms with Crippen molar-refractivity contribution in [2.45, 2.75) is 13.3 Å². The topological polar surface area (TPSA) is 89.4 Å². The van der Waals surface area contributed by atoms with Gasteiger partial charge in [0.1, 0.15) is 0 Å². The van der Waals surface area contributed by atoms with Gasteiger partial charge in [-0.2, -0.15) is 0 Å². The monoisotopic (exact) mass is 315 g/mol. The van der Waals surface area contributed by atoms with Gasteiger partial charge in [-0.1, -0.05) is 23.2 Å². The lowest BCUT2D eigenvalue weighted by Gasteiger charge is -2.21. The fourth-order valence-corrected chi connectivity index (χ4v) is 2.59. The van der Waals surface area contributed by atoms with Crippen LogP contribution in [0.1, 0.15) is 23.7 Å². The zero-order valence-electron chi connectivity index (χ0n) is 11.0. The second kappa shape index (κ2) is 5.14. The first-order chi connectivity index (χ1) is 9.24. The van der Waals surface area contributed by atoms with E-state index in [9.17, 15) is 9.59 Å². The van der Waals surface area contributed by atoms with Crippen LogP contribution in [-0.4, -0.2) is 29.8 Å². The van der Waals surface area contributed by atoms with E-state index in [1.807, 2.05) is 0 Å². The number of nitrogens with zero attached hydrogens (tertiary/aromatic N) is 1. The first-order valence-electron chi connectivity index (χ1n) is 6.08. The molecule has 20 heavy (non-hydrogen) atoms. The third-order valence-electron chi connectivity index (χ3n) is 3.66. The summed E-state index contributed by atoms with van der Waals surface area (Å²) in [5.41, 5.74) is 11.0. The fourth-order valence-electron chi connectivity index (χ4n) is 2.25. The van der Waals surface area contributed by atoms with E-state index in [2.05, 4.69) is 0 Å². The lowest BCUT2D eigenvalue weighted by molar-refractivity contribution is -0.126. The largest absolute Gasteiger partial charge is 0.397 e. The number of anilines is 1. The zero-order valence-corrected chi connectivity index (χ0v) is 12.5. The van der Waals surface area contributed by atoms with Crippen LogP contribution in [-0.2, 0) is 4.79 Å². The maximum absolute atomic E-state index is 12.4. The highest BCUT2D eigenvalue weighted by Gasteiger charge is 2.40. The van der Waals surface area contributed by atoms with E-state index < -0.39 is 11.3 Å². The standard InChI is InChI=1S/C13H15Cl2N3O2/c1-13(12(17)20)2-3-18(6-13)11(19)7-4-8(14)10(15)9(16)5-7/h4-5H,2-3,6,16H2,1H3,(H2,17,20). The molecule has 0 spiro atoms. The molecule has 2 rings (SSSR count). The molecule has 1 aromatic rings. The second-order valence-corrected chi connectivity index (χ2v) is 6.05. The number of primary amides is 1. The van der Waals surface area contributed by atoms with Gasteiger partial charge in [-0.05, 0) is 25.5 Å². The van der Waals surface area contributed by atoms with Gasteiger partial charge in [0.2, 0.25) is 5.91 Å². The van der Waals surface area contributed by atoms with Crippen LogP contribution in [0.5, 0.6) is 0 Å². The van der Waals surface area contributed by atoms with Crippen LogP contribution in [0.4, 0.5) is 5.69 Å². The Balaban J connectivity index is 2.24. The number of benzene rings is 1. The van der Waals surface area contributed by atoms with Crippen molar-refractivity contribution in [3.05, 3.63) is 27.7 Å². The molecule has 1 aromatic carbocycles. The van der Waals surface area contributed by atoms with E-state index in [-0.39, 0.29) is 21.6 Å². The Hall–Kier alpha value is -1.46. The van der Waals surface area contributed by atoms with Gasteiger partial charge in [0.05, 0.1) is 21.1 Å². The molecule has 4 N–H and O–H groups in total. The van der Waals surface area contributed by atoms with Crippen LogP contribution < -0.4 is 11.5 Å². The number of hydrogen-bond acceptors (Lipinski definition) is 3. The Bertz CT molecular complexity index is 568. The van der Waals surface area contributed by atoms with Gasteiger partial charge < -0.3 is 16.4 Å². The lowest BCUT2D eigenvalue weighted by atomic mass is 9.89. The fraction of sp³-hybridized carbons (Fsp3) is 0.385. The van der Waals surface area contributed by atoms with Gasteiger partial charge in [-0.15, -0.1) is 0 Å². The molecule has 1 fully saturated rings. The van der Waals surface area contributed by atoms with Crippen LogP contribution in [0, 0.1) is 5.41 Å². The third-order valence-corrected chi connectivity index (χ3v) is 4.48. The highest BCUT2D eigenvalue weighted by atomic mass is 35.5. The van der Waals surface area contributed by atoms with Crippen molar-refractivity contribution in [3.63, 3.8) is 0 Å². The summed E-state index contributed by atoms with van der Waals surface area (Å²) < 4.78 is 0. The van der Waals surface area contributed by atoms with Crippen LogP contribution in [0.3, 0.4) is 0 Å². The van der Waals surface area contributed by atoms with E-state index in [1.165, 1.54) is 12.1 Å². The number of hydrogen-bond donors (Lipinski definition) is 2. The Labute approximate surface area is 126 Å². The number of rotatable bonds is 2. The molecular formula is C13H15Cl2N3O2. The van der Waals surface area contributed by atoms with Crippen molar-refractivity contribution in [3.8, 4) is 0 Å². The van der Waals surface area contributed by atoms with Gasteiger partial charge in [0, 0.05) is 18.7 Å². The van der Waals surface area contributed by atoms with Crippen molar-refractivity contribution in [1.82, 2.24) is 4.90 Å². The van der Waals surface area contributed by atoms with Crippen LogP contribution in [0.2, 0.25) is 10.0 Å². The normalized spacial score (nSPS) is 22.1. The van der Waals surface area contributed by atoms with Gasteiger partial charge >= 0.3 is 0 Å². The molecule has 0 aromatic heterocycles. The Kier molecular flexibility index (Phi) is 3.84. The molecule has 2 amide bonds. The number of carbonyl (C=O) groups is 2. The average molecular weight is 316 g/mol. The number of halogens is 2. The molecule has 1 heterocycles. The third kappa shape index (κ3) is 2.55. The molecule has 0 saturated carbocycles. The van der Waals surface area contributed by atoms with Gasteiger partial charge in [0.15, 0.2) is 0 Å². The molecule has 1 saturated heterocycles. The van der Waals surface area contributed by atoms with Crippen molar-refractivity contribution >= 4 is 40.7 Å². The van der Waals surface area contributed by atoms with Crippen molar-refractivity contribution in [2.75, 3.05) is 18.8 Å². The summed E-state index contributed by atoms with van der Waals surface area (Å²) in [5, 5.41) is 0.457. The predicted molar refractivity (Wildman–Crippen MR) is 78.7 cm³/mol. The summed E-state index contributed by atoms with van der Waals surface area (Å²) in [7, 11) is 0. The Morgan fingerprint density at radius 3 is 2.50 bits per heavy atom. The second-order valence-electron chi connectivity index (χ2n) is 5.26. The van der Waals surface area contributed by atoms with E-state index in [0.717, 1.165) is 0 Å². The number of carbonyl (C=O) groups excluding carboxylic acids is 2. The molecule has 1 aliphatic heterocycles. The number of likely N-dealkylation sites (tertiary alicyclic amines) is 1. The summed E-state index contributed by atoms with van der Waals surface area (Å²) in [4.78, 5) is 25.4. The quantitative estimate of drug-likeness (QED) is 0.817. The summed E-state index contributed by atoms with van der Waals surface area (Å²) in [6, 6.07) is 2.96. The van der Waals surface area contributed by atoms with Crippen LogP contribution >= 0.6 is 23.2 Å².